The van der Waals surface area contributed by atoms with Gasteiger partial charge in [0.05, 0.1) is 15.3 Å². The summed E-state index contributed by atoms with van der Waals surface area (Å²) in [5, 5.41) is 3.79. The van der Waals surface area contributed by atoms with Crippen molar-refractivity contribution in [2.24, 2.45) is 5.11 Å². The van der Waals surface area contributed by atoms with Crippen molar-refractivity contribution >= 4 is 20.0 Å². The SMILES string of the molecule is CC(CN(S(=O)(=O)c1ccccc1)S(=O)(=O)c1ccccc1)(N=[N+]=[N-])c1ccccc1. The van der Waals surface area contributed by atoms with Crippen LogP contribution in [0.15, 0.2) is 106 Å². The molecule has 3 rings (SSSR count). The van der Waals surface area contributed by atoms with Gasteiger partial charge in [0, 0.05) is 11.5 Å². The van der Waals surface area contributed by atoms with E-state index < -0.39 is 32.1 Å². The minimum atomic E-state index is -4.50. The normalized spacial score (nSPS) is 13.9. The van der Waals surface area contributed by atoms with Crippen molar-refractivity contribution < 1.29 is 16.8 Å². The molecule has 8 nitrogen and oxygen atoms in total. The van der Waals surface area contributed by atoms with Crippen LogP contribution >= 0.6 is 0 Å². The van der Waals surface area contributed by atoms with Crippen molar-refractivity contribution in [3.63, 3.8) is 0 Å². The molecule has 0 heterocycles. The van der Waals surface area contributed by atoms with E-state index in [9.17, 15) is 16.8 Å². The largest absolute Gasteiger partial charge is 0.256 e. The van der Waals surface area contributed by atoms with Crippen LogP contribution in [-0.4, -0.2) is 27.1 Å². The Bertz CT molecular complexity index is 1220. The van der Waals surface area contributed by atoms with Gasteiger partial charge in [0.15, 0.2) is 0 Å². The number of nitrogens with zero attached hydrogens (tertiary/aromatic N) is 4. The van der Waals surface area contributed by atoms with Gasteiger partial charge in [-0.1, -0.05) is 75.6 Å². The van der Waals surface area contributed by atoms with Crippen LogP contribution in [0.2, 0.25) is 0 Å². The molecule has 0 aliphatic rings. The third kappa shape index (κ3) is 4.62. The number of rotatable bonds is 8. The summed E-state index contributed by atoms with van der Waals surface area (Å²) < 4.78 is 54.3. The molecule has 0 aliphatic carbocycles. The Morgan fingerprint density at radius 2 is 1.16 bits per heavy atom. The third-order valence-corrected chi connectivity index (χ3v) is 8.96. The van der Waals surface area contributed by atoms with Crippen molar-refractivity contribution in [1.82, 2.24) is 3.71 Å². The zero-order chi connectivity index (χ0) is 22.5. The van der Waals surface area contributed by atoms with E-state index in [0.717, 1.165) is 0 Å². The van der Waals surface area contributed by atoms with E-state index >= 15 is 0 Å². The Morgan fingerprint density at radius 3 is 1.55 bits per heavy atom. The van der Waals surface area contributed by atoms with Gasteiger partial charge in [-0.2, -0.15) is 0 Å². The second-order valence-electron chi connectivity index (χ2n) is 6.90. The standard InChI is InChI=1S/C21H20N4O4S2/c1-21(23-24-22,18-11-5-2-6-12-18)17-25(30(26,27)19-13-7-3-8-14-19)31(28,29)20-15-9-4-10-16-20/h2-16H,17H2,1H3. The van der Waals surface area contributed by atoms with E-state index in [1.165, 1.54) is 55.5 Å². The third-order valence-electron chi connectivity index (χ3n) is 4.72. The molecule has 0 fully saturated rings. The minimum Gasteiger partial charge on any atom is -0.206 e. The fraction of sp³-hybridized carbons (Fsp3) is 0.143. The summed E-state index contributed by atoms with van der Waals surface area (Å²) in [6.07, 6.45) is 0. The number of benzene rings is 3. The molecule has 0 saturated carbocycles. The van der Waals surface area contributed by atoms with Gasteiger partial charge in [0.2, 0.25) is 0 Å². The van der Waals surface area contributed by atoms with Crippen LogP contribution in [0.4, 0.5) is 0 Å². The van der Waals surface area contributed by atoms with Crippen molar-refractivity contribution in [3.8, 4) is 0 Å². The Morgan fingerprint density at radius 1 is 0.774 bits per heavy atom. The van der Waals surface area contributed by atoms with E-state index in [2.05, 4.69) is 10.0 Å². The molecule has 0 radical (unpaired) electrons. The molecule has 0 spiro atoms. The molecule has 0 amide bonds. The maximum Gasteiger partial charge on any atom is 0.256 e. The first-order chi connectivity index (χ1) is 14.7. The Kier molecular flexibility index (Phi) is 6.47. The summed E-state index contributed by atoms with van der Waals surface area (Å²) in [7, 11) is -9.01. The topological polar surface area (TPSA) is 120 Å². The van der Waals surface area contributed by atoms with E-state index in [-0.39, 0.29) is 9.79 Å². The smallest absolute Gasteiger partial charge is 0.206 e. The first kappa shape index (κ1) is 22.5. The van der Waals surface area contributed by atoms with E-state index in [4.69, 9.17) is 5.53 Å². The first-order valence-corrected chi connectivity index (χ1v) is 12.1. The van der Waals surface area contributed by atoms with Gasteiger partial charge in [-0.25, -0.2) is 16.8 Å². The molecule has 0 aromatic heterocycles. The van der Waals surface area contributed by atoms with Crippen LogP contribution in [-0.2, 0) is 25.6 Å². The zero-order valence-electron chi connectivity index (χ0n) is 16.6. The number of azide groups is 1. The minimum absolute atomic E-state index is 0.189. The van der Waals surface area contributed by atoms with Gasteiger partial charge in [-0.05, 0) is 42.3 Å². The Labute approximate surface area is 181 Å². The molecule has 1 unspecified atom stereocenters. The summed E-state index contributed by atoms with van der Waals surface area (Å²) in [5.74, 6) is 0. The summed E-state index contributed by atoms with van der Waals surface area (Å²) in [5.41, 5.74) is 8.15. The lowest BCUT2D eigenvalue weighted by molar-refractivity contribution is 0.395. The van der Waals surface area contributed by atoms with Gasteiger partial charge in [-0.3, -0.25) is 0 Å². The van der Waals surface area contributed by atoms with Crippen LogP contribution in [0.3, 0.4) is 0 Å². The first-order valence-electron chi connectivity index (χ1n) is 9.22. The fourth-order valence-electron chi connectivity index (χ4n) is 3.05. The molecule has 3 aromatic carbocycles. The molecule has 31 heavy (non-hydrogen) atoms. The zero-order valence-corrected chi connectivity index (χ0v) is 18.2. The second-order valence-corrected chi connectivity index (χ2v) is 10.9. The van der Waals surface area contributed by atoms with Gasteiger partial charge in [-0.15, -0.1) is 0 Å². The molecule has 160 valence electrons. The van der Waals surface area contributed by atoms with Gasteiger partial charge in [0.1, 0.15) is 0 Å². The predicted octanol–water partition coefficient (Wildman–Crippen LogP) is 4.29. The summed E-state index contributed by atoms with van der Waals surface area (Å²) in [6.45, 7) is 0.881. The average Bonchev–Trinajstić information content (AvgIpc) is 2.79. The second kappa shape index (κ2) is 8.91. The molecule has 1 atom stereocenters. The highest BCUT2D eigenvalue weighted by molar-refractivity contribution is 8.04. The molecule has 10 heteroatoms. The van der Waals surface area contributed by atoms with Crippen LogP contribution in [0.25, 0.3) is 10.4 Å². The van der Waals surface area contributed by atoms with Crippen LogP contribution in [0.5, 0.6) is 0 Å². The van der Waals surface area contributed by atoms with Gasteiger partial charge >= 0.3 is 0 Å². The number of hydrogen-bond acceptors (Lipinski definition) is 5. The molecule has 3 aromatic rings. The molecular weight excluding hydrogens is 436 g/mol. The lowest BCUT2D eigenvalue weighted by Crippen LogP contribution is -2.44. The monoisotopic (exact) mass is 456 g/mol. The maximum atomic E-state index is 13.5. The Hall–Kier alpha value is -3.17. The van der Waals surface area contributed by atoms with Crippen LogP contribution in [0.1, 0.15) is 12.5 Å². The Balaban J connectivity index is 2.23. The predicted molar refractivity (Wildman–Crippen MR) is 117 cm³/mol. The highest BCUT2D eigenvalue weighted by atomic mass is 32.3. The van der Waals surface area contributed by atoms with Gasteiger partial charge < -0.3 is 0 Å². The van der Waals surface area contributed by atoms with Crippen LogP contribution in [0, 0.1) is 0 Å². The summed E-state index contributed by atoms with van der Waals surface area (Å²) >= 11 is 0. The van der Waals surface area contributed by atoms with E-state index in [1.54, 1.807) is 42.5 Å². The molecule has 0 N–H and O–H groups in total. The molecule has 0 aliphatic heterocycles. The molecule has 0 saturated heterocycles. The molecule has 0 bridgehead atoms. The van der Waals surface area contributed by atoms with Crippen molar-refractivity contribution in [2.75, 3.05) is 6.54 Å². The summed E-state index contributed by atoms with van der Waals surface area (Å²) in [4.78, 5) is 2.48. The van der Waals surface area contributed by atoms with Gasteiger partial charge in [0.25, 0.3) is 20.0 Å². The van der Waals surface area contributed by atoms with Crippen molar-refractivity contribution in [2.45, 2.75) is 22.3 Å². The lowest BCUT2D eigenvalue weighted by Gasteiger charge is -2.31. The highest BCUT2D eigenvalue weighted by Gasteiger charge is 2.42. The number of sulfonamides is 2. The quantitative estimate of drug-likeness (QED) is 0.285. The average molecular weight is 457 g/mol. The van der Waals surface area contributed by atoms with Crippen molar-refractivity contribution in [3.05, 3.63) is 107 Å². The highest BCUT2D eigenvalue weighted by Crippen LogP contribution is 2.33. The maximum absolute atomic E-state index is 13.5. The molecular formula is C21H20N4O4S2. The fourth-order valence-corrected chi connectivity index (χ4v) is 6.91. The summed E-state index contributed by atoms with van der Waals surface area (Å²) in [6, 6.07) is 23.0. The number of hydrogen-bond donors (Lipinski definition) is 0. The van der Waals surface area contributed by atoms with Crippen LogP contribution < -0.4 is 0 Å². The van der Waals surface area contributed by atoms with E-state index in [0.29, 0.717) is 9.27 Å². The lowest BCUT2D eigenvalue weighted by atomic mass is 9.93. The van der Waals surface area contributed by atoms with E-state index in [1.807, 2.05) is 0 Å². The van der Waals surface area contributed by atoms with Crippen molar-refractivity contribution in [1.29, 1.82) is 0 Å².